The first-order valence-corrected chi connectivity index (χ1v) is 9.07. The molecule has 1 fully saturated rings. The number of carbonyl (C=O) groups excluding carboxylic acids is 1. The summed E-state index contributed by atoms with van der Waals surface area (Å²) in [6, 6.07) is 8.10. The van der Waals surface area contributed by atoms with Crippen molar-refractivity contribution in [2.45, 2.75) is 38.8 Å². The molecule has 140 valence electrons. The van der Waals surface area contributed by atoms with E-state index in [9.17, 15) is 9.59 Å². The van der Waals surface area contributed by atoms with Crippen LogP contribution in [0.15, 0.2) is 24.3 Å². The number of nitrogens with zero attached hydrogens (tertiary/aromatic N) is 4. The normalized spacial score (nSPS) is 18.6. The molecule has 1 atom stereocenters. The molecule has 1 amide bonds. The molecule has 7 nitrogen and oxygen atoms in total. The fourth-order valence-electron chi connectivity index (χ4n) is 3.79. The number of fused-ring (bicyclic) bond motifs is 1. The first-order valence-electron chi connectivity index (χ1n) is 9.07. The van der Waals surface area contributed by atoms with Gasteiger partial charge in [0.1, 0.15) is 12.4 Å². The molecule has 1 N–H and O–H groups in total. The molecule has 1 aliphatic heterocycles. The zero-order valence-corrected chi connectivity index (χ0v) is 15.4. The number of aryl methyl sites for hydroxylation is 1. The van der Waals surface area contributed by atoms with Crippen molar-refractivity contribution in [3.63, 3.8) is 0 Å². The zero-order chi connectivity index (χ0) is 18.7. The van der Waals surface area contributed by atoms with E-state index in [0.29, 0.717) is 0 Å². The number of likely N-dealkylation sites (tertiary alicyclic amines) is 1. The third-order valence-electron chi connectivity index (χ3n) is 5.19. The number of amides is 1. The number of imidazole rings is 1. The van der Waals surface area contributed by atoms with Gasteiger partial charge in [0.2, 0.25) is 5.91 Å². The predicted molar refractivity (Wildman–Crippen MR) is 98.7 cm³/mol. The van der Waals surface area contributed by atoms with Crippen LogP contribution in [-0.4, -0.2) is 62.0 Å². The Morgan fingerprint density at radius 2 is 2.04 bits per heavy atom. The topological polar surface area (TPSA) is 78.7 Å². The van der Waals surface area contributed by atoms with Crippen molar-refractivity contribution >= 4 is 22.9 Å². The highest BCUT2D eigenvalue weighted by molar-refractivity contribution is 5.79. The van der Waals surface area contributed by atoms with Gasteiger partial charge in [0.05, 0.1) is 17.6 Å². The van der Waals surface area contributed by atoms with E-state index in [1.807, 2.05) is 25.2 Å². The number of rotatable bonds is 5. The Labute approximate surface area is 153 Å². The van der Waals surface area contributed by atoms with Crippen LogP contribution in [0.4, 0.5) is 0 Å². The number of para-hydroxylation sites is 2. The molecule has 2 heterocycles. The molecular weight excluding hydrogens is 332 g/mol. The standard InChI is InChI=1S/C19H26N4O3/c1-14(24)23(13-19(25)26)15-6-5-10-22(11-9-15)12-18-20-16-7-3-4-8-17(16)21(18)2/h3-4,7-8,15H,5-6,9-13H2,1-2H3,(H,25,26). The lowest BCUT2D eigenvalue weighted by atomic mass is 10.1. The zero-order valence-electron chi connectivity index (χ0n) is 15.4. The Hall–Kier alpha value is -2.41. The highest BCUT2D eigenvalue weighted by Crippen LogP contribution is 2.20. The second-order valence-electron chi connectivity index (χ2n) is 6.98. The Morgan fingerprint density at radius 3 is 2.73 bits per heavy atom. The first kappa shape index (κ1) is 18.4. The van der Waals surface area contributed by atoms with Crippen LogP contribution in [0.3, 0.4) is 0 Å². The van der Waals surface area contributed by atoms with E-state index in [0.717, 1.165) is 55.8 Å². The minimum atomic E-state index is -0.957. The maximum absolute atomic E-state index is 11.8. The highest BCUT2D eigenvalue weighted by Gasteiger charge is 2.26. The molecular formula is C19H26N4O3. The van der Waals surface area contributed by atoms with Crippen LogP contribution in [0.1, 0.15) is 32.0 Å². The fraction of sp³-hybridized carbons (Fsp3) is 0.526. The molecule has 0 saturated carbocycles. The second-order valence-corrected chi connectivity index (χ2v) is 6.98. The molecule has 0 bridgehead atoms. The number of benzene rings is 1. The molecule has 1 aliphatic rings. The van der Waals surface area contributed by atoms with E-state index in [-0.39, 0.29) is 18.5 Å². The SMILES string of the molecule is CC(=O)N(CC(=O)O)C1CCCN(Cc2nc3ccccc3n2C)CC1. The van der Waals surface area contributed by atoms with Crippen molar-refractivity contribution in [1.82, 2.24) is 19.4 Å². The van der Waals surface area contributed by atoms with Crippen LogP contribution < -0.4 is 0 Å². The van der Waals surface area contributed by atoms with Crippen molar-refractivity contribution in [3.8, 4) is 0 Å². The summed E-state index contributed by atoms with van der Waals surface area (Å²) < 4.78 is 2.13. The number of aromatic nitrogens is 2. The second kappa shape index (κ2) is 7.86. The summed E-state index contributed by atoms with van der Waals surface area (Å²) in [5.41, 5.74) is 2.13. The fourth-order valence-corrected chi connectivity index (χ4v) is 3.79. The molecule has 1 aromatic carbocycles. The van der Waals surface area contributed by atoms with Gasteiger partial charge in [-0.2, -0.15) is 0 Å². The van der Waals surface area contributed by atoms with Crippen molar-refractivity contribution in [1.29, 1.82) is 0 Å². The molecule has 3 rings (SSSR count). The van der Waals surface area contributed by atoms with Gasteiger partial charge in [0, 0.05) is 26.6 Å². The number of carbonyl (C=O) groups is 2. The maximum Gasteiger partial charge on any atom is 0.323 e. The van der Waals surface area contributed by atoms with Gasteiger partial charge in [-0.1, -0.05) is 12.1 Å². The Bertz CT molecular complexity index is 801. The van der Waals surface area contributed by atoms with Gasteiger partial charge in [0.15, 0.2) is 0 Å². The van der Waals surface area contributed by atoms with E-state index in [2.05, 4.69) is 15.5 Å². The summed E-state index contributed by atoms with van der Waals surface area (Å²) in [5, 5.41) is 9.06. The number of carboxylic acids is 1. The average Bonchev–Trinajstić information content (AvgIpc) is 2.77. The van der Waals surface area contributed by atoms with Crippen LogP contribution >= 0.6 is 0 Å². The monoisotopic (exact) mass is 358 g/mol. The summed E-state index contributed by atoms with van der Waals surface area (Å²) in [5.74, 6) is -0.0965. The van der Waals surface area contributed by atoms with Crippen LogP contribution in [0, 0.1) is 0 Å². The third kappa shape index (κ3) is 4.04. The largest absolute Gasteiger partial charge is 0.480 e. The van der Waals surface area contributed by atoms with Crippen molar-refractivity contribution in [2.75, 3.05) is 19.6 Å². The first-order chi connectivity index (χ1) is 12.5. The van der Waals surface area contributed by atoms with Gasteiger partial charge in [-0.05, 0) is 37.9 Å². The van der Waals surface area contributed by atoms with E-state index >= 15 is 0 Å². The summed E-state index contributed by atoms with van der Waals surface area (Å²) in [6.45, 7) is 3.75. The Balaban J connectivity index is 1.67. The van der Waals surface area contributed by atoms with Crippen molar-refractivity contribution < 1.29 is 14.7 Å². The van der Waals surface area contributed by atoms with Crippen LogP contribution in [-0.2, 0) is 23.2 Å². The molecule has 1 aromatic heterocycles. The quantitative estimate of drug-likeness (QED) is 0.883. The van der Waals surface area contributed by atoms with Crippen LogP contribution in [0.2, 0.25) is 0 Å². The number of carboxylic acid groups (broad SMARTS) is 1. The summed E-state index contributed by atoms with van der Waals surface area (Å²) in [4.78, 5) is 31.5. The van der Waals surface area contributed by atoms with Crippen molar-refractivity contribution in [3.05, 3.63) is 30.1 Å². The molecule has 0 radical (unpaired) electrons. The smallest absolute Gasteiger partial charge is 0.323 e. The lowest BCUT2D eigenvalue weighted by Gasteiger charge is -2.28. The van der Waals surface area contributed by atoms with E-state index in [1.54, 1.807) is 0 Å². The summed E-state index contributed by atoms with van der Waals surface area (Å²) in [6.07, 6.45) is 2.57. The number of aliphatic carboxylic acids is 1. The molecule has 0 spiro atoms. The van der Waals surface area contributed by atoms with Crippen LogP contribution in [0.25, 0.3) is 11.0 Å². The average molecular weight is 358 g/mol. The maximum atomic E-state index is 11.8. The third-order valence-corrected chi connectivity index (χ3v) is 5.19. The van der Waals surface area contributed by atoms with Gasteiger partial charge in [0.25, 0.3) is 0 Å². The number of hydrogen-bond acceptors (Lipinski definition) is 4. The van der Waals surface area contributed by atoms with E-state index < -0.39 is 5.97 Å². The van der Waals surface area contributed by atoms with Gasteiger partial charge >= 0.3 is 5.97 Å². The molecule has 1 saturated heterocycles. The van der Waals surface area contributed by atoms with Gasteiger partial charge in [-0.15, -0.1) is 0 Å². The van der Waals surface area contributed by atoms with Crippen molar-refractivity contribution in [2.24, 2.45) is 7.05 Å². The minimum absolute atomic E-state index is 0.00552. The molecule has 7 heteroatoms. The molecule has 26 heavy (non-hydrogen) atoms. The Morgan fingerprint density at radius 1 is 1.27 bits per heavy atom. The van der Waals surface area contributed by atoms with Gasteiger partial charge < -0.3 is 14.6 Å². The van der Waals surface area contributed by atoms with Gasteiger partial charge in [-0.25, -0.2) is 4.98 Å². The highest BCUT2D eigenvalue weighted by atomic mass is 16.4. The molecule has 1 unspecified atom stereocenters. The Kier molecular flexibility index (Phi) is 5.56. The minimum Gasteiger partial charge on any atom is -0.480 e. The van der Waals surface area contributed by atoms with Crippen LogP contribution in [0.5, 0.6) is 0 Å². The molecule has 0 aliphatic carbocycles. The predicted octanol–water partition coefficient (Wildman–Crippen LogP) is 1.86. The van der Waals surface area contributed by atoms with E-state index in [1.165, 1.54) is 11.8 Å². The lowest BCUT2D eigenvalue weighted by molar-refractivity contribution is -0.145. The van der Waals surface area contributed by atoms with Gasteiger partial charge in [-0.3, -0.25) is 14.5 Å². The molecule has 2 aromatic rings. The number of hydrogen-bond donors (Lipinski definition) is 1. The summed E-state index contributed by atoms with van der Waals surface area (Å²) in [7, 11) is 2.04. The lowest BCUT2D eigenvalue weighted by Crippen LogP contribution is -2.42. The summed E-state index contributed by atoms with van der Waals surface area (Å²) >= 11 is 0. The van der Waals surface area contributed by atoms with E-state index in [4.69, 9.17) is 10.1 Å².